The molecule has 2 N–H and O–H groups in total. The molecule has 0 radical (unpaired) electrons. The van der Waals surface area contributed by atoms with E-state index in [0.717, 1.165) is 25.9 Å². The first-order chi connectivity index (χ1) is 10.1. The van der Waals surface area contributed by atoms with Gasteiger partial charge in [0.1, 0.15) is 17.1 Å². The largest absolute Gasteiger partial charge is 0.465 e. The van der Waals surface area contributed by atoms with Gasteiger partial charge in [-0.3, -0.25) is 4.79 Å². The van der Waals surface area contributed by atoms with Crippen LogP contribution in [0.1, 0.15) is 41.1 Å². The first-order valence-corrected chi connectivity index (χ1v) is 7.25. The Balaban J connectivity index is 0.00000242. The van der Waals surface area contributed by atoms with Crippen molar-refractivity contribution >= 4 is 24.3 Å². The number of furan rings is 1. The monoisotopic (exact) mass is 330 g/mol. The summed E-state index contributed by atoms with van der Waals surface area (Å²) in [7, 11) is 1.33. The molecule has 2 heterocycles. The van der Waals surface area contributed by atoms with Crippen molar-refractivity contribution < 1.29 is 18.7 Å². The van der Waals surface area contributed by atoms with Gasteiger partial charge in [0.2, 0.25) is 5.91 Å². The minimum atomic E-state index is -0.428. The van der Waals surface area contributed by atoms with Gasteiger partial charge in [-0.05, 0) is 44.8 Å². The second-order valence-electron chi connectivity index (χ2n) is 5.35. The molecule has 124 valence electrons. The molecule has 1 saturated heterocycles. The summed E-state index contributed by atoms with van der Waals surface area (Å²) < 4.78 is 10.1. The van der Waals surface area contributed by atoms with E-state index in [1.807, 2.05) is 0 Å². The highest BCUT2D eigenvalue weighted by molar-refractivity contribution is 5.90. The fourth-order valence-corrected chi connectivity index (χ4v) is 2.51. The number of ether oxygens (including phenoxy) is 1. The summed E-state index contributed by atoms with van der Waals surface area (Å²) in [4.78, 5) is 23.2. The van der Waals surface area contributed by atoms with Crippen LogP contribution < -0.4 is 10.6 Å². The highest BCUT2D eigenvalue weighted by atomic mass is 35.5. The Morgan fingerprint density at radius 1 is 1.50 bits per heavy atom. The molecular formula is C15H23ClN2O4. The van der Waals surface area contributed by atoms with Crippen molar-refractivity contribution in [1.82, 2.24) is 10.6 Å². The van der Waals surface area contributed by atoms with Crippen LogP contribution >= 0.6 is 12.4 Å². The highest BCUT2D eigenvalue weighted by Crippen LogP contribution is 2.16. The fourth-order valence-electron chi connectivity index (χ4n) is 2.51. The maximum Gasteiger partial charge on any atom is 0.341 e. The molecule has 1 aromatic rings. The third kappa shape index (κ3) is 5.03. The predicted molar refractivity (Wildman–Crippen MR) is 84.1 cm³/mol. The molecule has 0 saturated carbocycles. The van der Waals surface area contributed by atoms with E-state index in [9.17, 15) is 9.59 Å². The minimum Gasteiger partial charge on any atom is -0.465 e. The first kappa shape index (κ1) is 18.5. The van der Waals surface area contributed by atoms with Gasteiger partial charge in [0.15, 0.2) is 0 Å². The molecule has 0 aliphatic carbocycles. The number of hydrogen-bond donors (Lipinski definition) is 2. The van der Waals surface area contributed by atoms with Crippen molar-refractivity contribution in [3.8, 4) is 0 Å². The van der Waals surface area contributed by atoms with Crippen LogP contribution in [0.2, 0.25) is 0 Å². The van der Waals surface area contributed by atoms with E-state index in [4.69, 9.17) is 4.42 Å². The quantitative estimate of drug-likeness (QED) is 0.777. The molecule has 1 amide bonds. The number of nitrogens with one attached hydrogen (secondary N) is 2. The van der Waals surface area contributed by atoms with Gasteiger partial charge in [-0.1, -0.05) is 0 Å². The molecule has 7 heteroatoms. The average molecular weight is 331 g/mol. The normalized spacial score (nSPS) is 16.9. The number of carbonyl (C=O) groups excluding carboxylic acids is 2. The van der Waals surface area contributed by atoms with E-state index >= 15 is 0 Å². The maximum atomic E-state index is 11.8. The van der Waals surface area contributed by atoms with Crippen LogP contribution in [0, 0.1) is 12.8 Å². The third-order valence-electron chi connectivity index (χ3n) is 3.78. The molecule has 0 aromatic carbocycles. The number of aryl methyl sites for hydroxylation is 1. The van der Waals surface area contributed by atoms with Gasteiger partial charge in [0, 0.05) is 6.42 Å². The summed E-state index contributed by atoms with van der Waals surface area (Å²) in [6.07, 6.45) is 2.58. The number of amides is 1. The van der Waals surface area contributed by atoms with E-state index in [0.29, 0.717) is 36.0 Å². The summed E-state index contributed by atoms with van der Waals surface area (Å²) in [5.41, 5.74) is 0.402. The zero-order chi connectivity index (χ0) is 15.2. The van der Waals surface area contributed by atoms with E-state index in [1.165, 1.54) is 7.11 Å². The van der Waals surface area contributed by atoms with Crippen LogP contribution in [-0.2, 0) is 16.1 Å². The lowest BCUT2D eigenvalue weighted by Crippen LogP contribution is -2.23. The fraction of sp³-hybridized carbons (Fsp3) is 0.600. The third-order valence-corrected chi connectivity index (χ3v) is 3.78. The van der Waals surface area contributed by atoms with Gasteiger partial charge in [-0.2, -0.15) is 0 Å². The second kappa shape index (κ2) is 8.80. The van der Waals surface area contributed by atoms with Crippen molar-refractivity contribution in [3.63, 3.8) is 0 Å². The lowest BCUT2D eigenvalue weighted by molar-refractivity contribution is -0.121. The number of esters is 1. The Morgan fingerprint density at radius 2 is 2.27 bits per heavy atom. The molecular weight excluding hydrogens is 308 g/mol. The van der Waals surface area contributed by atoms with E-state index in [1.54, 1.807) is 13.0 Å². The standard InChI is InChI=1S/C15H22N2O4.ClH/c1-10-13(15(19)20-2)7-12(21-10)9-17-14(18)4-3-11-5-6-16-8-11;/h7,11,16H,3-6,8-9H2,1-2H3,(H,17,18);1H. The summed E-state index contributed by atoms with van der Waals surface area (Å²) >= 11 is 0. The van der Waals surface area contributed by atoms with Crippen LogP contribution in [0.3, 0.4) is 0 Å². The molecule has 1 aliphatic heterocycles. The summed E-state index contributed by atoms with van der Waals surface area (Å²) in [5.74, 6) is 1.25. The van der Waals surface area contributed by atoms with Gasteiger partial charge in [-0.15, -0.1) is 12.4 Å². The first-order valence-electron chi connectivity index (χ1n) is 7.25. The average Bonchev–Trinajstić information content (AvgIpc) is 3.11. The molecule has 6 nitrogen and oxygen atoms in total. The number of rotatable bonds is 6. The lowest BCUT2D eigenvalue weighted by Gasteiger charge is -2.07. The van der Waals surface area contributed by atoms with Gasteiger partial charge in [0.05, 0.1) is 13.7 Å². The van der Waals surface area contributed by atoms with Gasteiger partial charge < -0.3 is 19.8 Å². The van der Waals surface area contributed by atoms with E-state index < -0.39 is 5.97 Å². The second-order valence-corrected chi connectivity index (χ2v) is 5.35. The number of carbonyl (C=O) groups is 2. The van der Waals surface area contributed by atoms with Crippen LogP contribution in [-0.4, -0.2) is 32.1 Å². The minimum absolute atomic E-state index is 0. The molecule has 2 rings (SSSR count). The molecule has 0 bridgehead atoms. The number of hydrogen-bond acceptors (Lipinski definition) is 5. The van der Waals surface area contributed by atoms with Crippen molar-refractivity contribution in [2.24, 2.45) is 5.92 Å². The van der Waals surface area contributed by atoms with Gasteiger partial charge >= 0.3 is 5.97 Å². The molecule has 1 aromatic heterocycles. The zero-order valence-electron chi connectivity index (χ0n) is 12.9. The Hall–Kier alpha value is -1.53. The summed E-state index contributed by atoms with van der Waals surface area (Å²) in [6, 6.07) is 1.61. The van der Waals surface area contributed by atoms with Crippen molar-refractivity contribution in [2.75, 3.05) is 20.2 Å². The predicted octanol–water partition coefficient (Wildman–Crippen LogP) is 1.80. The van der Waals surface area contributed by atoms with Crippen molar-refractivity contribution in [3.05, 3.63) is 23.2 Å². The Kier molecular flexibility index (Phi) is 7.41. The van der Waals surface area contributed by atoms with Gasteiger partial charge in [-0.25, -0.2) is 4.79 Å². The Labute approximate surface area is 136 Å². The maximum absolute atomic E-state index is 11.8. The molecule has 1 unspecified atom stereocenters. The molecule has 0 spiro atoms. The number of methoxy groups -OCH3 is 1. The molecule has 1 fully saturated rings. The topological polar surface area (TPSA) is 80.6 Å². The molecule has 1 aliphatic rings. The smallest absolute Gasteiger partial charge is 0.341 e. The van der Waals surface area contributed by atoms with Crippen LogP contribution in [0.25, 0.3) is 0 Å². The van der Waals surface area contributed by atoms with Crippen LogP contribution in [0.5, 0.6) is 0 Å². The SMILES string of the molecule is COC(=O)c1cc(CNC(=O)CCC2CCNC2)oc1C.Cl. The Morgan fingerprint density at radius 3 is 2.91 bits per heavy atom. The molecule has 22 heavy (non-hydrogen) atoms. The van der Waals surface area contributed by atoms with Gasteiger partial charge in [0.25, 0.3) is 0 Å². The van der Waals surface area contributed by atoms with Crippen molar-refractivity contribution in [1.29, 1.82) is 0 Å². The highest BCUT2D eigenvalue weighted by Gasteiger charge is 2.17. The van der Waals surface area contributed by atoms with Crippen molar-refractivity contribution in [2.45, 2.75) is 32.7 Å². The summed E-state index contributed by atoms with van der Waals surface area (Å²) in [5, 5.41) is 6.10. The number of halogens is 1. The summed E-state index contributed by atoms with van der Waals surface area (Å²) in [6.45, 7) is 4.05. The van der Waals surface area contributed by atoms with E-state index in [2.05, 4.69) is 15.4 Å². The van der Waals surface area contributed by atoms with E-state index in [-0.39, 0.29) is 18.3 Å². The van der Waals surface area contributed by atoms with Crippen LogP contribution in [0.15, 0.2) is 10.5 Å². The molecule has 1 atom stereocenters. The lowest BCUT2D eigenvalue weighted by atomic mass is 10.0. The zero-order valence-corrected chi connectivity index (χ0v) is 13.8. The van der Waals surface area contributed by atoms with Crippen LogP contribution in [0.4, 0.5) is 0 Å². The Bertz CT molecular complexity index is 510.